The largest absolute Gasteiger partial charge is 0.447 e. The number of hydrogen-bond acceptors (Lipinski definition) is 13. The van der Waals surface area contributed by atoms with E-state index in [0.717, 1.165) is 4.90 Å². The molecule has 0 aromatic rings. The van der Waals surface area contributed by atoms with Gasteiger partial charge in [-0.2, -0.15) is 8.42 Å². The van der Waals surface area contributed by atoms with Crippen LogP contribution >= 0.6 is 0 Å². The summed E-state index contributed by atoms with van der Waals surface area (Å²) in [5.74, 6) is -3.44. The number of amides is 1. The van der Waals surface area contributed by atoms with Crippen molar-refractivity contribution in [3.63, 3.8) is 0 Å². The Morgan fingerprint density at radius 3 is 2.62 bits per heavy atom. The molecule has 3 aliphatic rings. The molecular formula is C10H17N7O8S. The quantitative estimate of drug-likeness (QED) is 0.174. The Balaban J connectivity index is 2.04. The van der Waals surface area contributed by atoms with Crippen molar-refractivity contribution in [2.75, 3.05) is 13.2 Å². The molecule has 1 saturated heterocycles. The van der Waals surface area contributed by atoms with E-state index < -0.39 is 59.3 Å². The molecule has 3 aliphatic heterocycles. The smallest absolute Gasteiger partial charge is 0.404 e. The molecule has 1 unspecified atom stereocenters. The molecule has 1 fully saturated rings. The molecular weight excluding hydrogens is 378 g/mol. The highest BCUT2D eigenvalue weighted by molar-refractivity contribution is 7.80. The van der Waals surface area contributed by atoms with E-state index in [9.17, 15) is 23.4 Å². The van der Waals surface area contributed by atoms with Gasteiger partial charge in [0.05, 0.1) is 6.54 Å². The van der Waals surface area contributed by atoms with Crippen LogP contribution in [-0.2, 0) is 19.3 Å². The summed E-state index contributed by atoms with van der Waals surface area (Å²) in [6.45, 7) is -0.896. The number of hydrogen-bond donors (Lipinski definition) is 7. The molecule has 0 aromatic carbocycles. The van der Waals surface area contributed by atoms with E-state index in [1.54, 1.807) is 0 Å². The lowest BCUT2D eigenvalue weighted by atomic mass is 9.86. The van der Waals surface area contributed by atoms with Gasteiger partial charge in [0, 0.05) is 0 Å². The second-order valence-electron chi connectivity index (χ2n) is 5.88. The average molecular weight is 395 g/mol. The monoisotopic (exact) mass is 395 g/mol. The van der Waals surface area contributed by atoms with Crippen LogP contribution in [0.25, 0.3) is 0 Å². The van der Waals surface area contributed by atoms with Crippen molar-refractivity contribution in [1.82, 2.24) is 10.2 Å². The molecule has 3 heterocycles. The van der Waals surface area contributed by atoms with Crippen LogP contribution in [0, 0.1) is 0 Å². The lowest BCUT2D eigenvalue weighted by Crippen LogP contribution is -2.77. The van der Waals surface area contributed by atoms with Gasteiger partial charge in [0.15, 0.2) is 23.7 Å². The molecule has 0 radical (unpaired) electrons. The van der Waals surface area contributed by atoms with E-state index in [0.29, 0.717) is 0 Å². The maximum atomic E-state index is 11.0. The summed E-state index contributed by atoms with van der Waals surface area (Å²) in [7, 11) is -5.03. The first kappa shape index (κ1) is 18.4. The first-order valence-corrected chi connectivity index (χ1v) is 8.50. The summed E-state index contributed by atoms with van der Waals surface area (Å²) < 4.78 is 40.0. The maximum absolute atomic E-state index is 11.0. The summed E-state index contributed by atoms with van der Waals surface area (Å²) >= 11 is 0. The highest BCUT2D eigenvalue weighted by Gasteiger charge is 2.74. The Morgan fingerprint density at radius 1 is 1.38 bits per heavy atom. The topological polar surface area (TPSA) is 248 Å². The minimum absolute atomic E-state index is 0.228. The zero-order chi connectivity index (χ0) is 19.5. The molecule has 0 aromatic heterocycles. The van der Waals surface area contributed by atoms with Crippen molar-refractivity contribution >= 4 is 28.4 Å². The lowest BCUT2D eigenvalue weighted by Gasteiger charge is -2.48. The summed E-state index contributed by atoms with van der Waals surface area (Å²) in [6, 6.07) is -2.19. The van der Waals surface area contributed by atoms with Gasteiger partial charge in [0.1, 0.15) is 18.7 Å². The fourth-order valence-electron chi connectivity index (χ4n) is 3.45. The normalized spacial score (nSPS) is 35.0. The van der Waals surface area contributed by atoms with E-state index in [4.69, 9.17) is 21.8 Å². The molecule has 0 aliphatic carbocycles. The molecule has 1 amide bonds. The molecule has 16 heteroatoms. The van der Waals surface area contributed by atoms with Crippen LogP contribution in [0.3, 0.4) is 0 Å². The molecule has 1 spiro atoms. The van der Waals surface area contributed by atoms with Gasteiger partial charge >= 0.3 is 16.5 Å². The molecule has 0 saturated carbocycles. The average Bonchev–Trinajstić information content (AvgIpc) is 2.93. The third-order valence-corrected chi connectivity index (χ3v) is 4.86. The number of nitrogens with zero attached hydrogens (tertiary/aromatic N) is 3. The number of primary amides is 1. The second-order valence-corrected chi connectivity index (χ2v) is 6.93. The van der Waals surface area contributed by atoms with Gasteiger partial charge in [-0.05, 0) is 0 Å². The minimum Gasteiger partial charge on any atom is -0.447 e. The number of aliphatic hydroxyl groups is 2. The van der Waals surface area contributed by atoms with Crippen molar-refractivity contribution in [2.45, 2.75) is 29.6 Å². The maximum Gasteiger partial charge on any atom is 0.404 e. The molecule has 4 atom stereocenters. The Kier molecular flexibility index (Phi) is 3.92. The number of nitrogens with one attached hydrogen (secondary N) is 1. The summed E-state index contributed by atoms with van der Waals surface area (Å²) in [5.41, 5.74) is 14.4. The van der Waals surface area contributed by atoms with Gasteiger partial charge < -0.3 is 42.4 Å². The highest BCUT2D eigenvalue weighted by Crippen LogP contribution is 2.45. The van der Waals surface area contributed by atoms with Crippen LogP contribution in [0.4, 0.5) is 4.79 Å². The van der Waals surface area contributed by atoms with E-state index >= 15 is 0 Å². The third-order valence-electron chi connectivity index (χ3n) is 4.38. The first-order chi connectivity index (χ1) is 11.9. The van der Waals surface area contributed by atoms with Crippen LogP contribution in [0.2, 0.25) is 0 Å². The molecule has 15 nitrogen and oxygen atoms in total. The van der Waals surface area contributed by atoms with Crippen molar-refractivity contribution < 1.29 is 36.9 Å². The number of carbonyl (C=O) groups is 1. The number of nitrogens with two attached hydrogens (primary N) is 3. The summed E-state index contributed by atoms with van der Waals surface area (Å²) in [5, 5.41) is 23.9. The van der Waals surface area contributed by atoms with Crippen molar-refractivity contribution in [2.24, 2.45) is 27.2 Å². The molecule has 146 valence electrons. The molecule has 26 heavy (non-hydrogen) atoms. The number of aliphatic imine (C=N–C) groups is 2. The van der Waals surface area contributed by atoms with Gasteiger partial charge in [-0.3, -0.25) is 4.55 Å². The fraction of sp³-hybridized carbons (Fsp3) is 0.700. The van der Waals surface area contributed by atoms with Crippen LogP contribution < -0.4 is 22.5 Å². The van der Waals surface area contributed by atoms with Crippen molar-refractivity contribution in [3.8, 4) is 0 Å². The Morgan fingerprint density at radius 2 is 2.04 bits per heavy atom. The summed E-state index contributed by atoms with van der Waals surface area (Å²) in [6.07, 6.45) is -2.96. The van der Waals surface area contributed by atoms with E-state index in [1.807, 2.05) is 0 Å². The Hall–Kier alpha value is -2.40. The SMILES string of the molecule is NC(=O)OCC1N=C(N)N2C[C@@H](OS(=O)(=O)O)C(O)(O)[C@@]23NC(N)=N[C@H]13. The fourth-order valence-corrected chi connectivity index (χ4v) is 3.94. The van der Waals surface area contributed by atoms with Crippen LogP contribution in [-0.4, -0.2) is 88.9 Å². The van der Waals surface area contributed by atoms with Gasteiger partial charge in [0.25, 0.3) is 0 Å². The second kappa shape index (κ2) is 5.55. The first-order valence-electron chi connectivity index (χ1n) is 7.13. The van der Waals surface area contributed by atoms with Gasteiger partial charge in [0.2, 0.25) is 5.79 Å². The molecule has 3 rings (SSSR count). The van der Waals surface area contributed by atoms with Crippen LogP contribution in [0.5, 0.6) is 0 Å². The molecule has 0 bridgehead atoms. The zero-order valence-electron chi connectivity index (χ0n) is 13.0. The Bertz CT molecular complexity index is 797. The lowest BCUT2D eigenvalue weighted by molar-refractivity contribution is -0.252. The minimum atomic E-state index is -5.03. The standard InChI is InChI=1S/C10H17N7O8S/c11-6-15-5-3(2-24-8(13)18)14-7(12)17-1-4(25-26(21,22)23)10(19,20)9(5,17)16-6/h3-5,19-20H,1-2H2,(H2,12,14)(H2,13,18)(H3,11,15,16)(H,21,22,23)/t3?,4-,5-,9+/m1/s1. The summed E-state index contributed by atoms with van der Waals surface area (Å²) in [4.78, 5) is 20.0. The van der Waals surface area contributed by atoms with Crippen molar-refractivity contribution in [3.05, 3.63) is 0 Å². The predicted molar refractivity (Wildman–Crippen MR) is 82.5 cm³/mol. The third kappa shape index (κ3) is 2.58. The van der Waals surface area contributed by atoms with Gasteiger partial charge in [-0.25, -0.2) is 19.0 Å². The van der Waals surface area contributed by atoms with Crippen LogP contribution in [0.15, 0.2) is 9.98 Å². The van der Waals surface area contributed by atoms with E-state index in [1.165, 1.54) is 0 Å². The van der Waals surface area contributed by atoms with Gasteiger partial charge in [-0.15, -0.1) is 0 Å². The predicted octanol–water partition coefficient (Wildman–Crippen LogP) is -5.05. The van der Waals surface area contributed by atoms with Crippen molar-refractivity contribution in [1.29, 1.82) is 0 Å². The number of ether oxygens (including phenoxy) is 1. The number of rotatable bonds is 4. The Labute approximate surface area is 146 Å². The van der Waals surface area contributed by atoms with Crippen LogP contribution in [0.1, 0.15) is 0 Å². The van der Waals surface area contributed by atoms with Gasteiger partial charge in [-0.1, -0.05) is 0 Å². The zero-order valence-corrected chi connectivity index (χ0v) is 13.8. The highest BCUT2D eigenvalue weighted by atomic mass is 32.3. The van der Waals surface area contributed by atoms with E-state index in [-0.39, 0.29) is 11.9 Å². The number of guanidine groups is 2. The van der Waals surface area contributed by atoms with E-state index in [2.05, 4.69) is 24.2 Å². The number of carbonyl (C=O) groups excluding carboxylic acids is 1. The molecule has 10 N–H and O–H groups in total.